The Labute approximate surface area is 125 Å². The van der Waals surface area contributed by atoms with Crippen LogP contribution in [0.25, 0.3) is 0 Å². The lowest BCUT2D eigenvalue weighted by molar-refractivity contribution is 0.103. The molecular weight excluding hydrogens is 262 g/mol. The van der Waals surface area contributed by atoms with E-state index in [1.807, 2.05) is 61.5 Å². The Morgan fingerprint density at radius 3 is 2.76 bits per heavy atom. The summed E-state index contributed by atoms with van der Waals surface area (Å²) in [6.45, 7) is 0.690. The van der Waals surface area contributed by atoms with Gasteiger partial charge in [-0.05, 0) is 36.6 Å². The van der Waals surface area contributed by atoms with E-state index in [4.69, 9.17) is 4.74 Å². The van der Waals surface area contributed by atoms with Crippen LogP contribution in [-0.4, -0.2) is 26.5 Å². The fourth-order valence-corrected chi connectivity index (χ4v) is 2.65. The maximum Gasteiger partial charge on any atom is 0.196 e. The van der Waals surface area contributed by atoms with Crippen LogP contribution in [0.3, 0.4) is 0 Å². The number of ketones is 1. The number of carbonyl (C=O) groups excluding carboxylic acids is 1. The monoisotopic (exact) mass is 281 g/mol. The van der Waals surface area contributed by atoms with Crippen LogP contribution < -0.4 is 9.64 Å². The summed E-state index contributed by atoms with van der Waals surface area (Å²) >= 11 is 0. The standard InChI is InChI=1S/C18H19NO2/c1-19(2)15-9-3-7-14(12-15)17(20)16-10-4-6-13-8-5-11-21-18(13)16/h3-4,6-7,9-10,12H,5,8,11H2,1-2H3. The number of hydrogen-bond acceptors (Lipinski definition) is 3. The maximum atomic E-state index is 12.8. The van der Waals surface area contributed by atoms with Crippen LogP contribution >= 0.6 is 0 Å². The van der Waals surface area contributed by atoms with Crippen LogP contribution in [0.4, 0.5) is 5.69 Å². The molecule has 0 fully saturated rings. The number of ether oxygens (including phenoxy) is 1. The van der Waals surface area contributed by atoms with Gasteiger partial charge in [-0.1, -0.05) is 24.3 Å². The van der Waals surface area contributed by atoms with Crippen LogP contribution in [0.5, 0.6) is 5.75 Å². The number of nitrogens with zero attached hydrogens (tertiary/aromatic N) is 1. The predicted octanol–water partition coefficient (Wildman–Crippen LogP) is 3.31. The van der Waals surface area contributed by atoms with E-state index in [0.29, 0.717) is 17.7 Å². The summed E-state index contributed by atoms with van der Waals surface area (Å²) in [5.41, 5.74) is 3.52. The third-order valence-electron chi connectivity index (χ3n) is 3.80. The Morgan fingerprint density at radius 2 is 1.95 bits per heavy atom. The first-order chi connectivity index (χ1) is 10.2. The molecule has 1 aliphatic heterocycles. The Morgan fingerprint density at radius 1 is 1.14 bits per heavy atom. The van der Waals surface area contributed by atoms with Crippen molar-refractivity contribution in [2.24, 2.45) is 0 Å². The molecule has 0 amide bonds. The Kier molecular flexibility index (Phi) is 3.65. The van der Waals surface area contributed by atoms with Gasteiger partial charge in [0.15, 0.2) is 5.78 Å². The fraction of sp³-hybridized carbons (Fsp3) is 0.278. The topological polar surface area (TPSA) is 29.5 Å². The molecule has 0 N–H and O–H groups in total. The van der Waals surface area contributed by atoms with Gasteiger partial charge in [-0.25, -0.2) is 0 Å². The highest BCUT2D eigenvalue weighted by Crippen LogP contribution is 2.31. The van der Waals surface area contributed by atoms with Crippen LogP contribution in [0.1, 0.15) is 27.9 Å². The molecule has 0 bridgehead atoms. The van der Waals surface area contributed by atoms with Gasteiger partial charge in [-0.3, -0.25) is 4.79 Å². The van der Waals surface area contributed by atoms with E-state index < -0.39 is 0 Å². The van der Waals surface area contributed by atoms with Gasteiger partial charge in [0.25, 0.3) is 0 Å². The highest BCUT2D eigenvalue weighted by Gasteiger charge is 2.20. The molecule has 2 aromatic rings. The summed E-state index contributed by atoms with van der Waals surface area (Å²) in [6.07, 6.45) is 1.99. The minimum Gasteiger partial charge on any atom is -0.493 e. The summed E-state index contributed by atoms with van der Waals surface area (Å²) in [4.78, 5) is 14.8. The van der Waals surface area contributed by atoms with Gasteiger partial charge in [-0.2, -0.15) is 0 Å². The third-order valence-corrected chi connectivity index (χ3v) is 3.80. The summed E-state index contributed by atoms with van der Waals surface area (Å²) in [5.74, 6) is 0.793. The van der Waals surface area contributed by atoms with E-state index in [-0.39, 0.29) is 5.78 Å². The Bertz CT molecular complexity index is 677. The minimum atomic E-state index is 0.0254. The summed E-state index contributed by atoms with van der Waals surface area (Å²) in [7, 11) is 3.94. The molecule has 0 aliphatic carbocycles. The summed E-state index contributed by atoms with van der Waals surface area (Å²) < 4.78 is 5.74. The van der Waals surface area contributed by atoms with Crippen molar-refractivity contribution in [3.63, 3.8) is 0 Å². The van der Waals surface area contributed by atoms with Crippen molar-refractivity contribution in [3.8, 4) is 5.75 Å². The molecule has 1 aliphatic rings. The molecule has 0 saturated carbocycles. The quantitative estimate of drug-likeness (QED) is 0.808. The summed E-state index contributed by atoms with van der Waals surface area (Å²) in [5, 5.41) is 0. The molecule has 1 heterocycles. The van der Waals surface area contributed by atoms with Crippen molar-refractivity contribution in [2.45, 2.75) is 12.8 Å². The molecule has 21 heavy (non-hydrogen) atoms. The second-order valence-corrected chi connectivity index (χ2v) is 5.52. The molecule has 0 unspecified atom stereocenters. The highest BCUT2D eigenvalue weighted by atomic mass is 16.5. The number of benzene rings is 2. The molecule has 3 heteroatoms. The van der Waals surface area contributed by atoms with Gasteiger partial charge in [0.05, 0.1) is 12.2 Å². The second-order valence-electron chi connectivity index (χ2n) is 5.52. The first kappa shape index (κ1) is 13.7. The van der Waals surface area contributed by atoms with Crippen LogP contribution in [0, 0.1) is 0 Å². The molecule has 0 spiro atoms. The van der Waals surface area contributed by atoms with Gasteiger partial charge in [0, 0.05) is 25.3 Å². The predicted molar refractivity (Wildman–Crippen MR) is 84.5 cm³/mol. The van der Waals surface area contributed by atoms with E-state index in [1.54, 1.807) is 0 Å². The molecule has 0 saturated heterocycles. The van der Waals surface area contributed by atoms with Crippen LogP contribution in [-0.2, 0) is 6.42 Å². The number of hydrogen-bond donors (Lipinski definition) is 0. The zero-order valence-electron chi connectivity index (χ0n) is 12.4. The van der Waals surface area contributed by atoms with Gasteiger partial charge < -0.3 is 9.64 Å². The normalized spacial score (nSPS) is 13.2. The van der Waals surface area contributed by atoms with E-state index >= 15 is 0 Å². The number of aryl methyl sites for hydroxylation is 1. The van der Waals surface area contributed by atoms with Gasteiger partial charge >= 0.3 is 0 Å². The van der Waals surface area contributed by atoms with Crippen molar-refractivity contribution >= 4 is 11.5 Å². The summed E-state index contributed by atoms with van der Waals surface area (Å²) in [6, 6.07) is 13.5. The van der Waals surface area contributed by atoms with E-state index in [2.05, 4.69) is 0 Å². The van der Waals surface area contributed by atoms with Crippen molar-refractivity contribution in [1.29, 1.82) is 0 Å². The molecule has 3 nitrogen and oxygen atoms in total. The Balaban J connectivity index is 2.01. The third kappa shape index (κ3) is 2.64. The van der Waals surface area contributed by atoms with Crippen molar-refractivity contribution in [3.05, 3.63) is 59.2 Å². The zero-order valence-corrected chi connectivity index (χ0v) is 12.4. The smallest absolute Gasteiger partial charge is 0.196 e. The lowest BCUT2D eigenvalue weighted by Gasteiger charge is -2.20. The number of carbonyl (C=O) groups is 1. The molecule has 0 radical (unpaired) electrons. The van der Waals surface area contributed by atoms with Crippen LogP contribution in [0.2, 0.25) is 0 Å². The van der Waals surface area contributed by atoms with Gasteiger partial charge in [0.1, 0.15) is 5.75 Å². The lowest BCUT2D eigenvalue weighted by atomic mass is 9.96. The largest absolute Gasteiger partial charge is 0.493 e. The first-order valence-electron chi connectivity index (χ1n) is 7.23. The minimum absolute atomic E-state index is 0.0254. The molecule has 2 aromatic carbocycles. The van der Waals surface area contributed by atoms with E-state index in [0.717, 1.165) is 29.8 Å². The van der Waals surface area contributed by atoms with Crippen molar-refractivity contribution < 1.29 is 9.53 Å². The maximum absolute atomic E-state index is 12.8. The highest BCUT2D eigenvalue weighted by molar-refractivity contribution is 6.11. The average molecular weight is 281 g/mol. The molecular formula is C18H19NO2. The van der Waals surface area contributed by atoms with Crippen molar-refractivity contribution in [2.75, 3.05) is 25.6 Å². The second kappa shape index (κ2) is 5.60. The fourth-order valence-electron chi connectivity index (χ4n) is 2.65. The SMILES string of the molecule is CN(C)c1cccc(C(=O)c2cccc3c2OCCC3)c1. The van der Waals surface area contributed by atoms with Crippen molar-refractivity contribution in [1.82, 2.24) is 0 Å². The van der Waals surface area contributed by atoms with E-state index in [1.165, 1.54) is 0 Å². The molecule has 0 aromatic heterocycles. The average Bonchev–Trinajstić information content (AvgIpc) is 2.53. The Hall–Kier alpha value is -2.29. The zero-order chi connectivity index (χ0) is 14.8. The van der Waals surface area contributed by atoms with Crippen LogP contribution in [0.15, 0.2) is 42.5 Å². The lowest BCUT2D eigenvalue weighted by Crippen LogP contribution is -2.14. The molecule has 108 valence electrons. The first-order valence-corrected chi connectivity index (χ1v) is 7.23. The van der Waals surface area contributed by atoms with Gasteiger partial charge in [0.2, 0.25) is 0 Å². The molecule has 3 rings (SSSR count). The van der Waals surface area contributed by atoms with Gasteiger partial charge in [-0.15, -0.1) is 0 Å². The molecule has 0 atom stereocenters. The number of rotatable bonds is 3. The number of anilines is 1. The number of fused-ring (bicyclic) bond motifs is 1. The van der Waals surface area contributed by atoms with E-state index in [9.17, 15) is 4.79 Å². The number of para-hydroxylation sites is 1.